The average molecular weight is 499 g/mol. The SMILES string of the molecule is CC(C)(CO)CCCCC1CCCC(CCC2CC=CC(CCCCC(C)(C)C(=O)O)S2)S1. The monoisotopic (exact) mass is 498 g/mol. The van der Waals surface area contributed by atoms with Crippen LogP contribution in [0.25, 0.3) is 0 Å². The van der Waals surface area contributed by atoms with Gasteiger partial charge in [-0.3, -0.25) is 4.79 Å². The molecule has 2 aliphatic rings. The molecule has 2 aliphatic heterocycles. The Labute approximate surface area is 212 Å². The third-order valence-electron chi connectivity index (χ3n) is 7.54. The summed E-state index contributed by atoms with van der Waals surface area (Å²) in [6.45, 7) is 8.31. The van der Waals surface area contributed by atoms with Crippen LogP contribution in [0.2, 0.25) is 0 Å². The molecule has 0 aliphatic carbocycles. The Balaban J connectivity index is 1.61. The summed E-state index contributed by atoms with van der Waals surface area (Å²) in [4.78, 5) is 11.3. The van der Waals surface area contributed by atoms with Crippen molar-refractivity contribution >= 4 is 29.5 Å². The quantitative estimate of drug-likeness (QED) is 0.176. The fraction of sp³-hybridized carbons (Fsp3) is 0.893. The summed E-state index contributed by atoms with van der Waals surface area (Å²) >= 11 is 4.45. The zero-order valence-electron chi connectivity index (χ0n) is 21.7. The van der Waals surface area contributed by atoms with E-state index in [0.717, 1.165) is 41.4 Å². The molecule has 0 spiro atoms. The second-order valence-electron chi connectivity index (χ2n) is 11.9. The van der Waals surface area contributed by atoms with Gasteiger partial charge in [-0.05, 0) is 77.0 Å². The summed E-state index contributed by atoms with van der Waals surface area (Å²) < 4.78 is 0. The number of rotatable bonds is 15. The minimum absolute atomic E-state index is 0.0846. The van der Waals surface area contributed by atoms with Crippen molar-refractivity contribution < 1.29 is 15.0 Å². The van der Waals surface area contributed by atoms with Gasteiger partial charge in [-0.15, -0.1) is 0 Å². The van der Waals surface area contributed by atoms with Crippen molar-refractivity contribution in [1.82, 2.24) is 0 Å². The number of aliphatic hydroxyl groups is 1. The van der Waals surface area contributed by atoms with Gasteiger partial charge in [-0.2, -0.15) is 23.5 Å². The molecule has 0 aromatic heterocycles. The molecule has 0 amide bonds. The lowest BCUT2D eigenvalue weighted by Crippen LogP contribution is -2.23. The Morgan fingerprint density at radius 2 is 1.52 bits per heavy atom. The Kier molecular flexibility index (Phi) is 12.7. The van der Waals surface area contributed by atoms with Crippen molar-refractivity contribution in [1.29, 1.82) is 0 Å². The maximum Gasteiger partial charge on any atom is 0.309 e. The Morgan fingerprint density at radius 1 is 0.879 bits per heavy atom. The van der Waals surface area contributed by atoms with Crippen LogP contribution in [0.15, 0.2) is 12.2 Å². The van der Waals surface area contributed by atoms with Crippen molar-refractivity contribution in [3.05, 3.63) is 12.2 Å². The fourth-order valence-electron chi connectivity index (χ4n) is 4.93. The third kappa shape index (κ3) is 11.4. The standard InChI is InChI=1S/C28H50O3S2/c1-27(2,21-29)19-7-5-11-22-13-9-15-24(32-22)17-18-25-16-10-14-23(33-25)12-6-8-20-28(3,4)26(30)31/h10,14,22-25,29H,5-9,11-13,15-21H2,1-4H3,(H,30,31). The smallest absolute Gasteiger partial charge is 0.309 e. The first-order chi connectivity index (χ1) is 15.6. The van der Waals surface area contributed by atoms with E-state index >= 15 is 0 Å². The van der Waals surface area contributed by atoms with Gasteiger partial charge >= 0.3 is 5.97 Å². The van der Waals surface area contributed by atoms with Gasteiger partial charge in [0, 0.05) is 27.6 Å². The van der Waals surface area contributed by atoms with Gasteiger partial charge in [-0.25, -0.2) is 0 Å². The summed E-state index contributed by atoms with van der Waals surface area (Å²) in [6, 6.07) is 0. The maximum atomic E-state index is 11.3. The van der Waals surface area contributed by atoms with Crippen LogP contribution in [-0.4, -0.2) is 43.8 Å². The predicted molar refractivity (Wildman–Crippen MR) is 146 cm³/mol. The van der Waals surface area contributed by atoms with Crippen molar-refractivity contribution in [3.8, 4) is 0 Å². The lowest BCUT2D eigenvalue weighted by molar-refractivity contribution is -0.147. The number of carbonyl (C=O) groups is 1. The number of carboxylic acid groups (broad SMARTS) is 1. The van der Waals surface area contributed by atoms with E-state index in [4.69, 9.17) is 0 Å². The number of hydrogen-bond acceptors (Lipinski definition) is 4. The minimum atomic E-state index is -0.678. The Morgan fingerprint density at radius 3 is 2.21 bits per heavy atom. The zero-order valence-corrected chi connectivity index (χ0v) is 23.3. The van der Waals surface area contributed by atoms with E-state index < -0.39 is 11.4 Å². The van der Waals surface area contributed by atoms with Crippen LogP contribution in [0.4, 0.5) is 0 Å². The van der Waals surface area contributed by atoms with E-state index in [2.05, 4.69) is 49.5 Å². The molecule has 2 rings (SSSR count). The van der Waals surface area contributed by atoms with Gasteiger partial charge in [0.1, 0.15) is 0 Å². The molecule has 3 nitrogen and oxygen atoms in total. The second kappa shape index (κ2) is 14.4. The highest BCUT2D eigenvalue weighted by molar-refractivity contribution is 8.01. The molecule has 0 saturated carbocycles. The number of thioether (sulfide) groups is 2. The summed E-state index contributed by atoms with van der Waals surface area (Å²) in [7, 11) is 0. The molecular weight excluding hydrogens is 448 g/mol. The van der Waals surface area contributed by atoms with Gasteiger partial charge in [0.05, 0.1) is 5.41 Å². The molecule has 1 saturated heterocycles. The van der Waals surface area contributed by atoms with E-state index in [1.54, 1.807) is 0 Å². The number of aliphatic hydroxyl groups excluding tert-OH is 1. The first-order valence-corrected chi connectivity index (χ1v) is 15.3. The highest BCUT2D eigenvalue weighted by Gasteiger charge is 2.27. The summed E-state index contributed by atoms with van der Waals surface area (Å²) in [6.07, 6.45) is 22.0. The van der Waals surface area contributed by atoms with Crippen molar-refractivity contribution in [3.63, 3.8) is 0 Å². The van der Waals surface area contributed by atoms with Crippen LogP contribution in [-0.2, 0) is 4.79 Å². The van der Waals surface area contributed by atoms with Crippen molar-refractivity contribution in [2.24, 2.45) is 10.8 Å². The van der Waals surface area contributed by atoms with Gasteiger partial charge in [0.2, 0.25) is 0 Å². The summed E-state index contributed by atoms with van der Waals surface area (Å²) in [5.74, 6) is -0.678. The van der Waals surface area contributed by atoms with Crippen LogP contribution in [0, 0.1) is 10.8 Å². The van der Waals surface area contributed by atoms with Crippen LogP contribution >= 0.6 is 23.5 Å². The number of carboxylic acids is 1. The number of hydrogen-bond donors (Lipinski definition) is 2. The van der Waals surface area contributed by atoms with Gasteiger partial charge in [-0.1, -0.05) is 58.1 Å². The molecule has 192 valence electrons. The maximum absolute atomic E-state index is 11.3. The molecule has 0 bridgehead atoms. The topological polar surface area (TPSA) is 57.5 Å². The minimum Gasteiger partial charge on any atom is -0.481 e. The van der Waals surface area contributed by atoms with Crippen molar-refractivity contribution in [2.75, 3.05) is 6.61 Å². The van der Waals surface area contributed by atoms with Gasteiger partial charge in [0.25, 0.3) is 0 Å². The normalized spacial score (nSPS) is 26.5. The Hall–Kier alpha value is -0.130. The van der Waals surface area contributed by atoms with Gasteiger partial charge in [0.15, 0.2) is 0 Å². The van der Waals surface area contributed by atoms with E-state index in [1.165, 1.54) is 64.2 Å². The van der Waals surface area contributed by atoms with Crippen LogP contribution in [0.1, 0.15) is 118 Å². The van der Waals surface area contributed by atoms with Gasteiger partial charge < -0.3 is 10.2 Å². The number of allylic oxidation sites excluding steroid dienone is 1. The van der Waals surface area contributed by atoms with E-state index in [1.807, 2.05) is 13.8 Å². The summed E-state index contributed by atoms with van der Waals surface area (Å²) in [5, 5.41) is 21.8. The molecule has 1 fully saturated rings. The third-order valence-corrected chi connectivity index (χ3v) is 10.8. The number of unbranched alkanes of at least 4 members (excludes halogenated alkanes) is 2. The second-order valence-corrected chi connectivity index (χ2v) is 15.0. The number of aliphatic carboxylic acids is 1. The molecule has 2 N–H and O–H groups in total. The molecule has 0 aromatic carbocycles. The molecule has 4 atom stereocenters. The fourth-order valence-corrected chi connectivity index (χ4v) is 8.15. The summed E-state index contributed by atoms with van der Waals surface area (Å²) in [5.41, 5.74) is -0.509. The predicted octanol–water partition coefficient (Wildman–Crippen LogP) is 8.10. The van der Waals surface area contributed by atoms with E-state index in [-0.39, 0.29) is 5.41 Å². The van der Waals surface area contributed by atoms with Crippen molar-refractivity contribution in [2.45, 2.75) is 139 Å². The first kappa shape index (κ1) is 29.1. The van der Waals surface area contributed by atoms with Crippen LogP contribution in [0.3, 0.4) is 0 Å². The van der Waals surface area contributed by atoms with Crippen LogP contribution < -0.4 is 0 Å². The van der Waals surface area contributed by atoms with E-state index in [9.17, 15) is 15.0 Å². The molecule has 4 unspecified atom stereocenters. The lowest BCUT2D eigenvalue weighted by Gasteiger charge is -2.31. The molecule has 0 aromatic rings. The van der Waals surface area contributed by atoms with E-state index in [0.29, 0.717) is 11.9 Å². The highest BCUT2D eigenvalue weighted by Crippen LogP contribution is 2.40. The largest absolute Gasteiger partial charge is 0.481 e. The molecule has 5 heteroatoms. The molecule has 33 heavy (non-hydrogen) atoms. The Bertz CT molecular complexity index is 602. The molecular formula is C28H50O3S2. The molecule has 2 heterocycles. The zero-order chi connectivity index (χ0) is 24.3. The molecule has 0 radical (unpaired) electrons. The van der Waals surface area contributed by atoms with Crippen LogP contribution in [0.5, 0.6) is 0 Å². The lowest BCUT2D eigenvalue weighted by atomic mass is 9.87. The highest BCUT2D eigenvalue weighted by atomic mass is 32.2. The first-order valence-electron chi connectivity index (χ1n) is 13.4. The average Bonchev–Trinajstić information content (AvgIpc) is 2.79.